The van der Waals surface area contributed by atoms with Gasteiger partial charge in [0.25, 0.3) is 0 Å². The van der Waals surface area contributed by atoms with Gasteiger partial charge in [0.2, 0.25) is 17.6 Å². The van der Waals surface area contributed by atoms with Gasteiger partial charge in [-0.15, -0.1) is 0 Å². The lowest BCUT2D eigenvalue weighted by atomic mass is 10.2. The monoisotopic (exact) mass is 351 g/mol. The van der Waals surface area contributed by atoms with Crippen molar-refractivity contribution in [2.24, 2.45) is 0 Å². The van der Waals surface area contributed by atoms with Crippen LogP contribution in [0.5, 0.6) is 0 Å². The van der Waals surface area contributed by atoms with E-state index in [2.05, 4.69) is 10.1 Å². The number of carboxylic acids is 1. The summed E-state index contributed by atoms with van der Waals surface area (Å²) in [6, 6.07) is 6.80. The second-order valence-corrected chi connectivity index (χ2v) is 5.96. The average molecular weight is 352 g/mol. The fraction of sp³-hybridized carbons (Fsp3) is 0.375. The highest BCUT2D eigenvalue weighted by atomic mass is 35.5. The van der Waals surface area contributed by atoms with Crippen molar-refractivity contribution in [3.8, 4) is 11.4 Å². The molecule has 1 amide bonds. The molecule has 0 aliphatic heterocycles. The molecule has 128 valence electrons. The number of hydrogen-bond acceptors (Lipinski definition) is 5. The zero-order chi connectivity index (χ0) is 17.7. The van der Waals surface area contributed by atoms with Gasteiger partial charge in [-0.1, -0.05) is 16.8 Å². The first kappa shape index (κ1) is 17.9. The van der Waals surface area contributed by atoms with Gasteiger partial charge in [-0.25, -0.2) is 0 Å². The Morgan fingerprint density at radius 2 is 1.96 bits per heavy atom. The number of aryl methyl sites for hydroxylation is 1. The average Bonchev–Trinajstić information content (AvgIpc) is 2.99. The number of aliphatic carboxylic acids is 1. The molecule has 0 radical (unpaired) electrons. The van der Waals surface area contributed by atoms with Gasteiger partial charge in [-0.3, -0.25) is 9.59 Å². The number of rotatable bonds is 7. The fourth-order valence-corrected chi connectivity index (χ4v) is 2.26. The molecule has 0 atom stereocenters. The Kier molecular flexibility index (Phi) is 5.92. The van der Waals surface area contributed by atoms with Gasteiger partial charge in [0.1, 0.15) is 6.54 Å². The highest BCUT2D eigenvalue weighted by Crippen LogP contribution is 2.19. The Bertz CT molecular complexity index is 712. The maximum absolute atomic E-state index is 12.2. The van der Waals surface area contributed by atoms with E-state index in [0.29, 0.717) is 16.7 Å². The van der Waals surface area contributed by atoms with E-state index in [0.717, 1.165) is 5.56 Å². The molecular weight excluding hydrogens is 334 g/mol. The van der Waals surface area contributed by atoms with Crippen LogP contribution in [0.4, 0.5) is 0 Å². The van der Waals surface area contributed by atoms with E-state index in [4.69, 9.17) is 21.2 Å². The Balaban J connectivity index is 1.98. The summed E-state index contributed by atoms with van der Waals surface area (Å²) < 4.78 is 5.14. The standard InChI is InChI=1S/C16H18ClN3O4/c1-10(2)20(9-15(22)23)14(21)8-7-13-18-16(19-24-13)11-3-5-12(17)6-4-11/h3-6,10H,7-9H2,1-2H3,(H,22,23). The number of carbonyl (C=O) groups excluding carboxylic acids is 1. The van der Waals surface area contributed by atoms with Crippen molar-refractivity contribution in [2.45, 2.75) is 32.7 Å². The van der Waals surface area contributed by atoms with Crippen molar-refractivity contribution in [1.82, 2.24) is 15.0 Å². The lowest BCUT2D eigenvalue weighted by Gasteiger charge is -2.24. The number of amides is 1. The molecule has 1 N–H and O–H groups in total. The van der Waals surface area contributed by atoms with E-state index in [1.54, 1.807) is 38.1 Å². The van der Waals surface area contributed by atoms with Gasteiger partial charge in [0.05, 0.1) is 0 Å². The molecule has 0 fully saturated rings. The number of carbonyl (C=O) groups is 2. The number of halogens is 1. The number of benzene rings is 1. The topological polar surface area (TPSA) is 96.5 Å². The largest absolute Gasteiger partial charge is 0.480 e. The van der Waals surface area contributed by atoms with Crippen LogP contribution in [0.25, 0.3) is 11.4 Å². The normalized spacial score (nSPS) is 10.8. The third kappa shape index (κ3) is 4.79. The van der Waals surface area contributed by atoms with Gasteiger partial charge in [-0.05, 0) is 38.1 Å². The quantitative estimate of drug-likeness (QED) is 0.823. The molecule has 0 saturated carbocycles. The van der Waals surface area contributed by atoms with Crippen LogP contribution in [-0.2, 0) is 16.0 Å². The van der Waals surface area contributed by atoms with Crippen LogP contribution in [-0.4, -0.2) is 44.6 Å². The molecule has 1 aromatic heterocycles. The van der Waals surface area contributed by atoms with Gasteiger partial charge < -0.3 is 14.5 Å². The summed E-state index contributed by atoms with van der Waals surface area (Å²) in [5, 5.41) is 13.4. The van der Waals surface area contributed by atoms with E-state index >= 15 is 0 Å². The smallest absolute Gasteiger partial charge is 0.323 e. The van der Waals surface area contributed by atoms with E-state index in [9.17, 15) is 9.59 Å². The minimum Gasteiger partial charge on any atom is -0.480 e. The molecular formula is C16H18ClN3O4. The van der Waals surface area contributed by atoms with Crippen LogP contribution >= 0.6 is 11.6 Å². The van der Waals surface area contributed by atoms with E-state index in [1.807, 2.05) is 0 Å². The summed E-state index contributed by atoms with van der Waals surface area (Å²) in [7, 11) is 0. The van der Waals surface area contributed by atoms with Crippen LogP contribution in [0.15, 0.2) is 28.8 Å². The summed E-state index contributed by atoms with van der Waals surface area (Å²) in [5.74, 6) is -0.564. The maximum atomic E-state index is 12.2. The van der Waals surface area contributed by atoms with Crippen molar-refractivity contribution >= 4 is 23.5 Å². The molecule has 2 rings (SSSR count). The van der Waals surface area contributed by atoms with Gasteiger partial charge in [0.15, 0.2) is 0 Å². The third-order valence-corrected chi connectivity index (χ3v) is 3.62. The van der Waals surface area contributed by atoms with Crippen molar-refractivity contribution < 1.29 is 19.2 Å². The second-order valence-electron chi connectivity index (χ2n) is 5.53. The van der Waals surface area contributed by atoms with Crippen LogP contribution in [0.3, 0.4) is 0 Å². The molecule has 0 aliphatic rings. The maximum Gasteiger partial charge on any atom is 0.323 e. The van der Waals surface area contributed by atoms with E-state index < -0.39 is 5.97 Å². The van der Waals surface area contributed by atoms with Crippen LogP contribution in [0.2, 0.25) is 5.02 Å². The van der Waals surface area contributed by atoms with Gasteiger partial charge >= 0.3 is 5.97 Å². The Labute approximate surface area is 144 Å². The minimum atomic E-state index is -1.04. The first-order valence-corrected chi connectivity index (χ1v) is 7.84. The molecule has 0 bridgehead atoms. The number of nitrogens with zero attached hydrogens (tertiary/aromatic N) is 3. The van der Waals surface area contributed by atoms with Crippen LogP contribution < -0.4 is 0 Å². The van der Waals surface area contributed by atoms with Crippen molar-refractivity contribution in [2.75, 3.05) is 6.54 Å². The predicted molar refractivity (Wildman–Crippen MR) is 87.5 cm³/mol. The molecule has 2 aromatic rings. The molecule has 8 heteroatoms. The van der Waals surface area contributed by atoms with Gasteiger partial charge in [-0.2, -0.15) is 4.98 Å². The van der Waals surface area contributed by atoms with Crippen LogP contribution in [0.1, 0.15) is 26.2 Å². The molecule has 0 aliphatic carbocycles. The SMILES string of the molecule is CC(C)N(CC(=O)O)C(=O)CCc1nc(-c2ccc(Cl)cc2)no1. The van der Waals surface area contributed by atoms with Crippen LogP contribution in [0, 0.1) is 0 Å². The fourth-order valence-electron chi connectivity index (χ4n) is 2.13. The first-order valence-electron chi connectivity index (χ1n) is 7.46. The summed E-state index contributed by atoms with van der Waals surface area (Å²) in [4.78, 5) is 28.5. The van der Waals surface area contributed by atoms with Gasteiger partial charge in [0, 0.05) is 29.5 Å². The number of hydrogen-bond donors (Lipinski definition) is 1. The molecule has 24 heavy (non-hydrogen) atoms. The summed E-state index contributed by atoms with van der Waals surface area (Å²) in [5.41, 5.74) is 0.760. The first-order chi connectivity index (χ1) is 11.4. The zero-order valence-electron chi connectivity index (χ0n) is 13.4. The Morgan fingerprint density at radius 3 is 2.54 bits per heavy atom. The lowest BCUT2D eigenvalue weighted by Crippen LogP contribution is -2.40. The van der Waals surface area contributed by atoms with Crippen molar-refractivity contribution in [1.29, 1.82) is 0 Å². The molecule has 1 aromatic carbocycles. The Morgan fingerprint density at radius 1 is 1.29 bits per heavy atom. The summed E-state index contributed by atoms with van der Waals surface area (Å²) in [6.45, 7) is 3.22. The second kappa shape index (κ2) is 7.92. The molecule has 0 saturated heterocycles. The summed E-state index contributed by atoms with van der Waals surface area (Å²) >= 11 is 5.83. The van der Waals surface area contributed by atoms with Crippen molar-refractivity contribution in [3.63, 3.8) is 0 Å². The Hall–Kier alpha value is -2.41. The highest BCUT2D eigenvalue weighted by Gasteiger charge is 2.20. The number of carboxylic acid groups (broad SMARTS) is 1. The molecule has 1 heterocycles. The van der Waals surface area contributed by atoms with E-state index in [-0.39, 0.29) is 31.3 Å². The molecule has 0 spiro atoms. The predicted octanol–water partition coefficient (Wildman–Crippen LogP) is 2.64. The zero-order valence-corrected chi connectivity index (χ0v) is 14.2. The molecule has 0 unspecified atom stereocenters. The lowest BCUT2D eigenvalue weighted by molar-refractivity contribution is -0.145. The van der Waals surface area contributed by atoms with E-state index in [1.165, 1.54) is 4.90 Å². The number of aromatic nitrogens is 2. The highest BCUT2D eigenvalue weighted by molar-refractivity contribution is 6.30. The van der Waals surface area contributed by atoms with Crippen molar-refractivity contribution in [3.05, 3.63) is 35.2 Å². The third-order valence-electron chi connectivity index (χ3n) is 3.37. The summed E-state index contributed by atoms with van der Waals surface area (Å²) in [6.07, 6.45) is 0.357. The minimum absolute atomic E-state index is 0.105. The molecule has 7 nitrogen and oxygen atoms in total.